The van der Waals surface area contributed by atoms with Crippen LogP contribution in [0.15, 0.2) is 18.2 Å². The highest BCUT2D eigenvalue weighted by Gasteiger charge is 2.21. The van der Waals surface area contributed by atoms with Crippen molar-refractivity contribution >= 4 is 23.5 Å². The smallest absolute Gasteiger partial charge is 0.328 e. The van der Waals surface area contributed by atoms with Crippen molar-refractivity contribution < 1.29 is 24.2 Å². The summed E-state index contributed by atoms with van der Waals surface area (Å²) in [4.78, 5) is 22.1. The van der Waals surface area contributed by atoms with Crippen molar-refractivity contribution in [3.8, 4) is 0 Å². The van der Waals surface area contributed by atoms with Crippen molar-refractivity contribution in [2.75, 3.05) is 6.61 Å². The highest BCUT2D eigenvalue weighted by atomic mass is 35.5. The van der Waals surface area contributed by atoms with Gasteiger partial charge in [0.05, 0.1) is 12.2 Å². The third-order valence-electron chi connectivity index (χ3n) is 1.96. The Kier molecular flexibility index (Phi) is 4.42. The predicted octanol–water partition coefficient (Wildman–Crippen LogP) is 0.654. The molecule has 0 fully saturated rings. The molecule has 0 aliphatic rings. The van der Waals surface area contributed by atoms with Crippen LogP contribution in [0.5, 0.6) is 0 Å². The lowest BCUT2D eigenvalue weighted by Crippen LogP contribution is -2.43. The molecule has 17 heavy (non-hydrogen) atoms. The SMILES string of the molecule is O=C(N[C@@H](CO)C(=O)O)c1cc(Cl)ccc1F. The van der Waals surface area contributed by atoms with Crippen LogP contribution >= 0.6 is 11.6 Å². The molecule has 1 rings (SSSR count). The van der Waals surface area contributed by atoms with E-state index in [9.17, 15) is 14.0 Å². The van der Waals surface area contributed by atoms with Crippen molar-refractivity contribution in [2.24, 2.45) is 0 Å². The molecule has 1 aromatic carbocycles. The number of aliphatic carboxylic acids is 1. The Hall–Kier alpha value is -1.66. The molecule has 7 heteroatoms. The number of carbonyl (C=O) groups is 2. The maximum absolute atomic E-state index is 13.2. The van der Waals surface area contributed by atoms with Crippen LogP contribution in [-0.2, 0) is 4.79 Å². The van der Waals surface area contributed by atoms with Crippen molar-refractivity contribution in [2.45, 2.75) is 6.04 Å². The van der Waals surface area contributed by atoms with Crippen LogP contribution in [0.1, 0.15) is 10.4 Å². The molecule has 0 aromatic heterocycles. The summed E-state index contributed by atoms with van der Waals surface area (Å²) in [5, 5.41) is 19.4. The molecule has 1 atom stereocenters. The van der Waals surface area contributed by atoms with Gasteiger partial charge in [-0.3, -0.25) is 4.79 Å². The van der Waals surface area contributed by atoms with E-state index in [-0.39, 0.29) is 10.6 Å². The first-order valence-corrected chi connectivity index (χ1v) is 4.93. The molecule has 0 bridgehead atoms. The van der Waals surface area contributed by atoms with Crippen LogP contribution in [0.4, 0.5) is 4.39 Å². The first-order chi connectivity index (χ1) is 7.95. The van der Waals surface area contributed by atoms with Gasteiger partial charge in [-0.05, 0) is 18.2 Å². The molecule has 0 saturated heterocycles. The minimum Gasteiger partial charge on any atom is -0.480 e. The second-order valence-electron chi connectivity index (χ2n) is 3.17. The predicted molar refractivity (Wildman–Crippen MR) is 57.4 cm³/mol. The molecule has 0 saturated carbocycles. The molecule has 1 amide bonds. The molecular weight excluding hydrogens is 253 g/mol. The van der Waals surface area contributed by atoms with E-state index in [4.69, 9.17) is 21.8 Å². The second kappa shape index (κ2) is 5.60. The van der Waals surface area contributed by atoms with Gasteiger partial charge >= 0.3 is 5.97 Å². The quantitative estimate of drug-likeness (QED) is 0.743. The summed E-state index contributed by atoms with van der Waals surface area (Å²) < 4.78 is 13.2. The van der Waals surface area contributed by atoms with Crippen molar-refractivity contribution in [1.29, 1.82) is 0 Å². The molecule has 0 spiro atoms. The van der Waals surface area contributed by atoms with Crippen LogP contribution in [-0.4, -0.2) is 34.7 Å². The number of aliphatic hydroxyl groups excluding tert-OH is 1. The van der Waals surface area contributed by atoms with Crippen LogP contribution in [0.2, 0.25) is 5.02 Å². The molecule has 0 aliphatic carbocycles. The Bertz CT molecular complexity index is 452. The number of nitrogens with one attached hydrogen (secondary N) is 1. The Labute approximate surface area is 101 Å². The average Bonchev–Trinajstić information content (AvgIpc) is 2.28. The number of hydrogen-bond donors (Lipinski definition) is 3. The highest BCUT2D eigenvalue weighted by Crippen LogP contribution is 2.14. The van der Waals surface area contributed by atoms with Crippen LogP contribution < -0.4 is 5.32 Å². The normalized spacial score (nSPS) is 11.9. The number of rotatable bonds is 4. The first kappa shape index (κ1) is 13.4. The van der Waals surface area contributed by atoms with Gasteiger partial charge in [0, 0.05) is 5.02 Å². The fourth-order valence-corrected chi connectivity index (χ4v) is 1.27. The van der Waals surface area contributed by atoms with E-state index in [2.05, 4.69) is 0 Å². The van der Waals surface area contributed by atoms with Crippen LogP contribution in [0, 0.1) is 5.82 Å². The Balaban J connectivity index is 2.89. The number of carboxylic acid groups (broad SMARTS) is 1. The fraction of sp³-hybridized carbons (Fsp3) is 0.200. The van der Waals surface area contributed by atoms with E-state index < -0.39 is 30.3 Å². The van der Waals surface area contributed by atoms with Crippen LogP contribution in [0.3, 0.4) is 0 Å². The summed E-state index contributed by atoms with van der Waals surface area (Å²) >= 11 is 5.58. The van der Waals surface area contributed by atoms with Gasteiger partial charge < -0.3 is 15.5 Å². The second-order valence-corrected chi connectivity index (χ2v) is 3.61. The van der Waals surface area contributed by atoms with Gasteiger partial charge in [-0.1, -0.05) is 11.6 Å². The van der Waals surface area contributed by atoms with Gasteiger partial charge in [-0.2, -0.15) is 0 Å². The van der Waals surface area contributed by atoms with Gasteiger partial charge in [-0.25, -0.2) is 9.18 Å². The standard InChI is InChI=1S/C10H9ClFNO4/c11-5-1-2-7(12)6(3-5)9(15)13-8(4-14)10(16)17/h1-3,8,14H,4H2,(H,13,15)(H,16,17)/t8-/m0/s1. The van der Waals surface area contributed by atoms with E-state index in [1.165, 1.54) is 6.07 Å². The number of halogens is 2. The highest BCUT2D eigenvalue weighted by molar-refractivity contribution is 6.31. The lowest BCUT2D eigenvalue weighted by Gasteiger charge is -2.12. The number of carboxylic acids is 1. The number of carbonyl (C=O) groups excluding carboxylic acids is 1. The zero-order valence-corrected chi connectivity index (χ0v) is 9.24. The van der Waals surface area contributed by atoms with E-state index in [0.717, 1.165) is 12.1 Å². The Morgan fingerprint density at radius 2 is 2.12 bits per heavy atom. The summed E-state index contributed by atoms with van der Waals surface area (Å²) in [5.74, 6) is -3.19. The first-order valence-electron chi connectivity index (χ1n) is 4.55. The molecule has 3 N–H and O–H groups in total. The van der Waals surface area contributed by atoms with Crippen molar-refractivity contribution in [3.05, 3.63) is 34.6 Å². The molecule has 5 nitrogen and oxygen atoms in total. The van der Waals surface area contributed by atoms with Gasteiger partial charge in [0.2, 0.25) is 0 Å². The van der Waals surface area contributed by atoms with Crippen molar-refractivity contribution in [3.63, 3.8) is 0 Å². The van der Waals surface area contributed by atoms with Crippen molar-refractivity contribution in [1.82, 2.24) is 5.32 Å². The molecule has 0 aliphatic heterocycles. The van der Waals surface area contributed by atoms with E-state index in [0.29, 0.717) is 0 Å². The summed E-state index contributed by atoms with van der Waals surface area (Å²) in [6.45, 7) is -0.788. The maximum Gasteiger partial charge on any atom is 0.328 e. The molecule has 0 heterocycles. The van der Waals surface area contributed by atoms with E-state index >= 15 is 0 Å². The summed E-state index contributed by atoms with van der Waals surface area (Å²) in [5.41, 5.74) is -0.378. The Morgan fingerprint density at radius 3 is 2.65 bits per heavy atom. The number of amides is 1. The summed E-state index contributed by atoms with van der Waals surface area (Å²) in [6.07, 6.45) is 0. The molecule has 1 aromatic rings. The molecule has 0 unspecified atom stereocenters. The largest absolute Gasteiger partial charge is 0.480 e. The number of benzene rings is 1. The lowest BCUT2D eigenvalue weighted by molar-refractivity contribution is -0.140. The van der Waals surface area contributed by atoms with Gasteiger partial charge in [0.15, 0.2) is 6.04 Å². The number of aliphatic hydroxyl groups is 1. The van der Waals surface area contributed by atoms with Gasteiger partial charge in [0.1, 0.15) is 5.82 Å². The molecule has 92 valence electrons. The minimum atomic E-state index is -1.49. The van der Waals surface area contributed by atoms with E-state index in [1.807, 2.05) is 5.32 Å². The summed E-state index contributed by atoms with van der Waals surface area (Å²) in [6, 6.07) is 1.84. The zero-order valence-electron chi connectivity index (χ0n) is 8.48. The fourth-order valence-electron chi connectivity index (χ4n) is 1.09. The van der Waals surface area contributed by atoms with Gasteiger partial charge in [-0.15, -0.1) is 0 Å². The number of hydrogen-bond acceptors (Lipinski definition) is 3. The topological polar surface area (TPSA) is 86.6 Å². The Morgan fingerprint density at radius 1 is 1.47 bits per heavy atom. The summed E-state index contributed by atoms with van der Waals surface area (Å²) in [7, 11) is 0. The zero-order chi connectivity index (χ0) is 13.0. The molecule has 0 radical (unpaired) electrons. The van der Waals surface area contributed by atoms with Gasteiger partial charge in [0.25, 0.3) is 5.91 Å². The molecular formula is C10H9ClFNO4. The van der Waals surface area contributed by atoms with E-state index in [1.54, 1.807) is 0 Å². The third-order valence-corrected chi connectivity index (χ3v) is 2.19. The minimum absolute atomic E-state index is 0.146. The third kappa shape index (κ3) is 3.40. The monoisotopic (exact) mass is 261 g/mol. The average molecular weight is 262 g/mol. The van der Waals surface area contributed by atoms with Crippen LogP contribution in [0.25, 0.3) is 0 Å². The lowest BCUT2D eigenvalue weighted by atomic mass is 10.2. The maximum atomic E-state index is 13.2.